The second-order valence-electron chi connectivity index (χ2n) is 5.66. The number of urea groups is 1. The van der Waals surface area contributed by atoms with E-state index in [0.717, 1.165) is 12.8 Å². The molecule has 0 spiro atoms. The van der Waals surface area contributed by atoms with Gasteiger partial charge in [0.15, 0.2) is 0 Å². The summed E-state index contributed by atoms with van der Waals surface area (Å²) in [6.07, 6.45) is 2.67. The zero-order valence-electron chi connectivity index (χ0n) is 12.6. The summed E-state index contributed by atoms with van der Waals surface area (Å²) in [5.41, 5.74) is 0. The molecular formula is C14H26N2O4. The maximum atomic E-state index is 11.9. The number of carboxylic acids is 1. The number of amides is 2. The first-order valence-electron chi connectivity index (χ1n) is 7.25. The highest BCUT2D eigenvalue weighted by Crippen LogP contribution is 2.31. The summed E-state index contributed by atoms with van der Waals surface area (Å²) >= 11 is 0. The zero-order valence-corrected chi connectivity index (χ0v) is 12.6. The fourth-order valence-electron chi connectivity index (χ4n) is 2.49. The predicted molar refractivity (Wildman–Crippen MR) is 75.6 cm³/mol. The highest BCUT2D eigenvalue weighted by atomic mass is 16.5. The molecule has 1 aliphatic carbocycles. The first-order valence-corrected chi connectivity index (χ1v) is 7.25. The lowest BCUT2D eigenvalue weighted by Crippen LogP contribution is -2.42. The van der Waals surface area contributed by atoms with Gasteiger partial charge in [-0.1, -0.05) is 6.42 Å². The van der Waals surface area contributed by atoms with E-state index in [0.29, 0.717) is 26.1 Å². The van der Waals surface area contributed by atoms with Gasteiger partial charge in [-0.25, -0.2) is 4.79 Å². The summed E-state index contributed by atoms with van der Waals surface area (Å²) in [5, 5.41) is 11.9. The Morgan fingerprint density at radius 3 is 2.70 bits per heavy atom. The van der Waals surface area contributed by atoms with Crippen LogP contribution in [0, 0.1) is 11.8 Å². The highest BCUT2D eigenvalue weighted by molar-refractivity contribution is 5.74. The van der Waals surface area contributed by atoms with Crippen molar-refractivity contribution in [2.24, 2.45) is 11.8 Å². The Kier molecular flexibility index (Phi) is 6.78. The van der Waals surface area contributed by atoms with Crippen LogP contribution in [0.15, 0.2) is 0 Å². The molecule has 0 bridgehead atoms. The van der Waals surface area contributed by atoms with Crippen LogP contribution >= 0.6 is 0 Å². The van der Waals surface area contributed by atoms with Gasteiger partial charge < -0.3 is 20.1 Å². The lowest BCUT2D eigenvalue weighted by atomic mass is 9.96. The summed E-state index contributed by atoms with van der Waals surface area (Å²) in [6.45, 7) is 5.36. The van der Waals surface area contributed by atoms with Gasteiger partial charge in [-0.05, 0) is 32.6 Å². The summed E-state index contributed by atoms with van der Waals surface area (Å²) < 4.78 is 5.39. The van der Waals surface area contributed by atoms with Crippen LogP contribution in [0.2, 0.25) is 0 Å². The molecule has 0 saturated heterocycles. The van der Waals surface area contributed by atoms with Gasteiger partial charge in [-0.2, -0.15) is 0 Å². The van der Waals surface area contributed by atoms with E-state index in [1.807, 2.05) is 13.8 Å². The van der Waals surface area contributed by atoms with E-state index in [2.05, 4.69) is 5.32 Å². The van der Waals surface area contributed by atoms with Crippen molar-refractivity contribution in [3.63, 3.8) is 0 Å². The SMILES string of the molecule is CC(C)OCCN(C)C(=O)NCC1CCCC1C(=O)O. The van der Waals surface area contributed by atoms with Gasteiger partial charge in [0.25, 0.3) is 0 Å². The number of carboxylic acid groups (broad SMARTS) is 1. The van der Waals surface area contributed by atoms with E-state index >= 15 is 0 Å². The molecule has 0 radical (unpaired) electrons. The largest absolute Gasteiger partial charge is 0.481 e. The van der Waals surface area contributed by atoms with Crippen molar-refractivity contribution in [2.75, 3.05) is 26.7 Å². The minimum Gasteiger partial charge on any atom is -0.481 e. The topological polar surface area (TPSA) is 78.9 Å². The van der Waals surface area contributed by atoms with E-state index in [1.165, 1.54) is 0 Å². The second-order valence-corrected chi connectivity index (χ2v) is 5.66. The number of aliphatic carboxylic acids is 1. The number of carbonyl (C=O) groups excluding carboxylic acids is 1. The number of likely N-dealkylation sites (N-methyl/N-ethyl adjacent to an activating group) is 1. The Labute approximate surface area is 120 Å². The molecule has 2 atom stereocenters. The normalized spacial score (nSPS) is 22.0. The Morgan fingerprint density at radius 1 is 1.40 bits per heavy atom. The molecule has 1 saturated carbocycles. The molecule has 0 aromatic heterocycles. The lowest BCUT2D eigenvalue weighted by Gasteiger charge is -2.21. The summed E-state index contributed by atoms with van der Waals surface area (Å²) in [7, 11) is 1.71. The zero-order chi connectivity index (χ0) is 15.1. The molecule has 116 valence electrons. The minimum absolute atomic E-state index is 0.0526. The van der Waals surface area contributed by atoms with Gasteiger partial charge >= 0.3 is 12.0 Å². The number of nitrogens with one attached hydrogen (secondary N) is 1. The van der Waals surface area contributed by atoms with Crippen LogP contribution in [-0.2, 0) is 9.53 Å². The first kappa shape index (κ1) is 16.8. The molecule has 2 amide bonds. The first-order chi connectivity index (χ1) is 9.41. The Morgan fingerprint density at radius 2 is 2.10 bits per heavy atom. The van der Waals surface area contributed by atoms with Crippen LogP contribution in [0.25, 0.3) is 0 Å². The molecule has 0 aromatic carbocycles. The van der Waals surface area contributed by atoms with Gasteiger partial charge in [-0.3, -0.25) is 4.79 Å². The van der Waals surface area contributed by atoms with Crippen LogP contribution in [0.1, 0.15) is 33.1 Å². The number of rotatable bonds is 7. The average molecular weight is 286 g/mol. The van der Waals surface area contributed by atoms with Gasteiger partial charge in [0.05, 0.1) is 18.6 Å². The smallest absolute Gasteiger partial charge is 0.317 e. The molecule has 1 aliphatic rings. The van der Waals surface area contributed by atoms with E-state index in [9.17, 15) is 9.59 Å². The van der Waals surface area contributed by atoms with Crippen LogP contribution < -0.4 is 5.32 Å². The van der Waals surface area contributed by atoms with Gasteiger partial charge in [0.2, 0.25) is 0 Å². The Hall–Kier alpha value is -1.30. The summed E-state index contributed by atoms with van der Waals surface area (Å²) in [5.74, 6) is -1.01. The fourth-order valence-corrected chi connectivity index (χ4v) is 2.49. The molecule has 1 rings (SSSR count). The van der Waals surface area contributed by atoms with Crippen molar-refractivity contribution in [1.82, 2.24) is 10.2 Å². The number of nitrogens with zero attached hydrogens (tertiary/aromatic N) is 1. The molecule has 0 aromatic rings. The van der Waals surface area contributed by atoms with E-state index in [-0.39, 0.29) is 24.0 Å². The predicted octanol–water partition coefficient (Wildman–Crippen LogP) is 1.55. The Balaban J connectivity index is 2.26. The molecule has 6 nitrogen and oxygen atoms in total. The maximum absolute atomic E-state index is 11.9. The van der Waals surface area contributed by atoms with Crippen molar-refractivity contribution in [2.45, 2.75) is 39.2 Å². The van der Waals surface area contributed by atoms with Crippen molar-refractivity contribution < 1.29 is 19.4 Å². The quantitative estimate of drug-likeness (QED) is 0.744. The van der Waals surface area contributed by atoms with E-state index < -0.39 is 5.97 Å². The number of hydrogen-bond donors (Lipinski definition) is 2. The van der Waals surface area contributed by atoms with Gasteiger partial charge in [0, 0.05) is 20.1 Å². The van der Waals surface area contributed by atoms with Crippen LogP contribution in [-0.4, -0.2) is 54.9 Å². The molecule has 6 heteroatoms. The van der Waals surface area contributed by atoms with Crippen LogP contribution in [0.5, 0.6) is 0 Å². The van der Waals surface area contributed by atoms with Crippen molar-refractivity contribution in [1.29, 1.82) is 0 Å². The molecule has 0 aliphatic heterocycles. The molecule has 2 unspecified atom stereocenters. The summed E-state index contributed by atoms with van der Waals surface area (Å²) in [6, 6.07) is -0.173. The number of ether oxygens (including phenoxy) is 1. The Bertz CT molecular complexity index is 333. The summed E-state index contributed by atoms with van der Waals surface area (Å²) in [4.78, 5) is 24.5. The molecule has 1 fully saturated rings. The number of hydrogen-bond acceptors (Lipinski definition) is 3. The maximum Gasteiger partial charge on any atom is 0.317 e. The fraction of sp³-hybridized carbons (Fsp3) is 0.857. The molecule has 0 heterocycles. The standard InChI is InChI=1S/C14H26N2O4/c1-10(2)20-8-7-16(3)14(19)15-9-11-5-4-6-12(11)13(17)18/h10-12H,4-9H2,1-3H3,(H,15,19)(H,17,18). The molecule has 2 N–H and O–H groups in total. The molecule has 20 heavy (non-hydrogen) atoms. The third-order valence-electron chi connectivity index (χ3n) is 3.72. The average Bonchev–Trinajstić information content (AvgIpc) is 2.83. The lowest BCUT2D eigenvalue weighted by molar-refractivity contribution is -0.142. The van der Waals surface area contributed by atoms with E-state index in [1.54, 1.807) is 11.9 Å². The minimum atomic E-state index is -0.750. The van der Waals surface area contributed by atoms with Crippen LogP contribution in [0.4, 0.5) is 4.79 Å². The van der Waals surface area contributed by atoms with Crippen molar-refractivity contribution in [3.8, 4) is 0 Å². The molecular weight excluding hydrogens is 260 g/mol. The van der Waals surface area contributed by atoms with Crippen molar-refractivity contribution in [3.05, 3.63) is 0 Å². The van der Waals surface area contributed by atoms with Crippen molar-refractivity contribution >= 4 is 12.0 Å². The van der Waals surface area contributed by atoms with Crippen LogP contribution in [0.3, 0.4) is 0 Å². The van der Waals surface area contributed by atoms with E-state index in [4.69, 9.17) is 9.84 Å². The number of carbonyl (C=O) groups is 2. The third kappa shape index (κ3) is 5.36. The van der Waals surface area contributed by atoms with Gasteiger partial charge in [0.1, 0.15) is 0 Å². The monoisotopic (exact) mass is 286 g/mol. The second kappa shape index (κ2) is 8.09. The third-order valence-corrected chi connectivity index (χ3v) is 3.72. The van der Waals surface area contributed by atoms with Gasteiger partial charge in [-0.15, -0.1) is 0 Å². The highest BCUT2D eigenvalue weighted by Gasteiger charge is 2.32.